The van der Waals surface area contributed by atoms with Gasteiger partial charge in [-0.1, -0.05) is 43.4 Å². The third kappa shape index (κ3) is 6.90. The maximum atomic E-state index is 14.7. The van der Waals surface area contributed by atoms with Gasteiger partial charge < -0.3 is 14.6 Å². The van der Waals surface area contributed by atoms with E-state index >= 15 is 0 Å². The van der Waals surface area contributed by atoms with Crippen LogP contribution >= 0.6 is 11.8 Å². The predicted molar refractivity (Wildman–Crippen MR) is 136 cm³/mol. The summed E-state index contributed by atoms with van der Waals surface area (Å²) in [5.74, 6) is -1.55. The Bertz CT molecular complexity index is 1270. The molecule has 0 saturated carbocycles. The SMILES string of the molecule is C[C@@H](SC1COC(C=CC=Cc2ccc(C#N)cc2)OC1)[C@](O)(Cn1cncn1)c1ccc(F)cc1F. The van der Waals surface area contributed by atoms with Crippen LogP contribution in [0.15, 0.2) is 73.3 Å². The highest BCUT2D eigenvalue weighted by Crippen LogP contribution is 2.38. The fourth-order valence-corrected chi connectivity index (χ4v) is 5.23. The number of rotatable bonds is 9. The Kier molecular flexibility index (Phi) is 8.84. The van der Waals surface area contributed by atoms with Crippen LogP contribution < -0.4 is 0 Å². The van der Waals surface area contributed by atoms with Crippen molar-refractivity contribution in [2.24, 2.45) is 0 Å². The molecule has 4 rings (SSSR count). The molecule has 1 aliphatic rings. The Morgan fingerprint density at radius 1 is 1.22 bits per heavy atom. The molecule has 37 heavy (non-hydrogen) atoms. The van der Waals surface area contributed by atoms with Crippen molar-refractivity contribution < 1.29 is 23.4 Å². The van der Waals surface area contributed by atoms with E-state index in [1.165, 1.54) is 35.2 Å². The molecule has 0 aliphatic carbocycles. The summed E-state index contributed by atoms with van der Waals surface area (Å²) in [5, 5.41) is 23.9. The van der Waals surface area contributed by atoms with Gasteiger partial charge in [-0.15, -0.1) is 11.8 Å². The minimum Gasteiger partial charge on any atom is -0.382 e. The summed E-state index contributed by atoms with van der Waals surface area (Å²) in [6.07, 6.45) is 9.64. The van der Waals surface area contributed by atoms with E-state index < -0.39 is 28.8 Å². The fourth-order valence-electron chi connectivity index (χ4n) is 3.92. The van der Waals surface area contributed by atoms with Crippen molar-refractivity contribution in [1.29, 1.82) is 5.26 Å². The molecule has 1 aromatic heterocycles. The number of nitrogens with zero attached hydrogens (tertiary/aromatic N) is 4. The summed E-state index contributed by atoms with van der Waals surface area (Å²) in [7, 11) is 0. The van der Waals surface area contributed by atoms with Crippen LogP contribution in [-0.4, -0.2) is 49.9 Å². The first-order valence-corrected chi connectivity index (χ1v) is 12.6. The number of thioether (sulfide) groups is 1. The number of hydrogen-bond donors (Lipinski definition) is 1. The molecule has 0 unspecified atom stereocenters. The van der Waals surface area contributed by atoms with Crippen LogP contribution in [-0.2, 0) is 21.6 Å². The number of benzene rings is 2. The van der Waals surface area contributed by atoms with Crippen LogP contribution in [0.2, 0.25) is 0 Å². The molecule has 2 aromatic carbocycles. The second kappa shape index (κ2) is 12.3. The molecular weight excluding hydrogens is 498 g/mol. The van der Waals surface area contributed by atoms with Gasteiger partial charge in [0.1, 0.15) is 29.9 Å². The maximum absolute atomic E-state index is 14.7. The number of hydrogen-bond acceptors (Lipinski definition) is 7. The molecule has 2 heterocycles. The number of ether oxygens (including phenoxy) is 2. The monoisotopic (exact) mass is 524 g/mol. The summed E-state index contributed by atoms with van der Waals surface area (Å²) >= 11 is 1.40. The highest BCUT2D eigenvalue weighted by atomic mass is 32.2. The first-order valence-electron chi connectivity index (χ1n) is 11.6. The Hall–Kier alpha value is -3.36. The van der Waals surface area contributed by atoms with Gasteiger partial charge in [-0.3, -0.25) is 0 Å². The molecule has 3 aromatic rings. The van der Waals surface area contributed by atoms with E-state index in [1.807, 2.05) is 30.4 Å². The van der Waals surface area contributed by atoms with Crippen LogP contribution in [0.1, 0.15) is 23.6 Å². The average Bonchev–Trinajstić information content (AvgIpc) is 3.40. The molecule has 1 saturated heterocycles. The average molecular weight is 525 g/mol. The lowest BCUT2D eigenvalue weighted by molar-refractivity contribution is -0.146. The molecule has 0 amide bonds. The molecule has 2 atom stereocenters. The van der Waals surface area contributed by atoms with Crippen molar-refractivity contribution in [2.45, 2.75) is 35.9 Å². The topological polar surface area (TPSA) is 93.2 Å². The minimum atomic E-state index is -1.69. The van der Waals surface area contributed by atoms with Crippen molar-refractivity contribution in [2.75, 3.05) is 13.2 Å². The Morgan fingerprint density at radius 3 is 2.62 bits per heavy atom. The second-order valence-electron chi connectivity index (χ2n) is 8.55. The second-order valence-corrected chi connectivity index (χ2v) is 10.2. The van der Waals surface area contributed by atoms with Gasteiger partial charge in [0.15, 0.2) is 6.29 Å². The zero-order valence-electron chi connectivity index (χ0n) is 20.1. The van der Waals surface area contributed by atoms with E-state index in [4.69, 9.17) is 14.7 Å². The summed E-state index contributed by atoms with van der Waals surface area (Å²) in [5.41, 5.74) is -0.131. The number of halogens is 2. The van der Waals surface area contributed by atoms with E-state index in [9.17, 15) is 13.9 Å². The number of nitriles is 1. The Balaban J connectivity index is 1.35. The van der Waals surface area contributed by atoms with Gasteiger partial charge in [0.05, 0.1) is 36.6 Å². The van der Waals surface area contributed by atoms with Gasteiger partial charge in [-0.05, 0) is 29.8 Å². The maximum Gasteiger partial charge on any atom is 0.177 e. The summed E-state index contributed by atoms with van der Waals surface area (Å²) < 4.78 is 41.3. The van der Waals surface area contributed by atoms with Crippen LogP contribution in [0.5, 0.6) is 0 Å². The van der Waals surface area contributed by atoms with E-state index in [1.54, 1.807) is 25.1 Å². The van der Waals surface area contributed by atoms with Gasteiger partial charge in [-0.2, -0.15) is 10.4 Å². The van der Waals surface area contributed by atoms with Crippen molar-refractivity contribution in [3.8, 4) is 6.07 Å². The fraction of sp³-hybridized carbons (Fsp3) is 0.296. The smallest absolute Gasteiger partial charge is 0.177 e. The zero-order chi connectivity index (χ0) is 26.3. The molecule has 10 heteroatoms. The van der Waals surface area contributed by atoms with Crippen LogP contribution in [0, 0.1) is 23.0 Å². The quantitative estimate of drug-likeness (QED) is 0.414. The first kappa shape index (κ1) is 26.7. The van der Waals surface area contributed by atoms with Crippen LogP contribution in [0.4, 0.5) is 8.78 Å². The standard InChI is InChI=1S/C27H26F2N4O3S/c1-19(27(34,16-33-18-31-17-32-33)24-11-10-22(28)12-25(24)29)37-23-14-35-26(36-15-23)5-3-2-4-20-6-8-21(13-30)9-7-20/h2-12,17-19,23,26,34H,14-16H2,1H3/t19-,23?,26?,27-/m1/s1. The summed E-state index contributed by atoms with van der Waals surface area (Å²) in [6.45, 7) is 2.46. The molecular formula is C27H26F2N4O3S. The molecule has 0 bridgehead atoms. The van der Waals surface area contributed by atoms with Gasteiger partial charge in [0.25, 0.3) is 0 Å². The molecule has 7 nitrogen and oxygen atoms in total. The number of aromatic nitrogens is 3. The summed E-state index contributed by atoms with van der Waals surface area (Å²) in [4.78, 5) is 3.89. The van der Waals surface area contributed by atoms with E-state index in [0.29, 0.717) is 18.8 Å². The van der Waals surface area contributed by atoms with Crippen LogP contribution in [0.3, 0.4) is 0 Å². The summed E-state index contributed by atoms with van der Waals surface area (Å²) in [6, 6.07) is 12.5. The predicted octanol–water partition coefficient (Wildman–Crippen LogP) is 4.45. The third-order valence-electron chi connectivity index (χ3n) is 5.94. The molecule has 0 radical (unpaired) electrons. The number of allylic oxidation sites excluding steroid dienone is 2. The normalized spacial score (nSPS) is 20.6. The molecule has 1 fully saturated rings. The van der Waals surface area contributed by atoms with Crippen molar-refractivity contribution in [1.82, 2.24) is 14.8 Å². The van der Waals surface area contributed by atoms with Crippen molar-refractivity contribution in [3.05, 3.63) is 102 Å². The number of aliphatic hydroxyl groups is 1. The lowest BCUT2D eigenvalue weighted by Crippen LogP contribution is -2.43. The van der Waals surface area contributed by atoms with Crippen molar-refractivity contribution >= 4 is 17.8 Å². The lowest BCUT2D eigenvalue weighted by atomic mass is 9.90. The molecule has 192 valence electrons. The van der Waals surface area contributed by atoms with Gasteiger partial charge in [-0.25, -0.2) is 18.4 Å². The molecule has 1 N–H and O–H groups in total. The largest absolute Gasteiger partial charge is 0.382 e. The van der Waals surface area contributed by atoms with E-state index in [-0.39, 0.29) is 17.4 Å². The van der Waals surface area contributed by atoms with E-state index in [2.05, 4.69) is 16.2 Å². The van der Waals surface area contributed by atoms with Gasteiger partial charge >= 0.3 is 0 Å². The molecule has 0 spiro atoms. The third-order valence-corrected chi connectivity index (χ3v) is 7.39. The van der Waals surface area contributed by atoms with E-state index in [0.717, 1.165) is 17.7 Å². The van der Waals surface area contributed by atoms with Gasteiger partial charge in [0.2, 0.25) is 0 Å². The van der Waals surface area contributed by atoms with Crippen molar-refractivity contribution in [3.63, 3.8) is 0 Å². The van der Waals surface area contributed by atoms with Crippen LogP contribution in [0.25, 0.3) is 6.08 Å². The Labute approximate surface area is 218 Å². The van der Waals surface area contributed by atoms with Gasteiger partial charge in [0, 0.05) is 16.9 Å². The first-order chi connectivity index (χ1) is 17.9. The zero-order valence-corrected chi connectivity index (χ0v) is 20.9. The minimum absolute atomic E-state index is 0.0168. The highest BCUT2D eigenvalue weighted by Gasteiger charge is 2.41. The lowest BCUT2D eigenvalue weighted by Gasteiger charge is -2.37. The highest BCUT2D eigenvalue weighted by molar-refractivity contribution is 8.00. The molecule has 1 aliphatic heterocycles. The Morgan fingerprint density at radius 2 is 1.97 bits per heavy atom.